The van der Waals surface area contributed by atoms with Gasteiger partial charge in [-0.05, 0) is 55.8 Å². The number of aromatic nitrogens is 1. The monoisotopic (exact) mass is 475 g/mol. The molecule has 0 unspecified atom stereocenters. The number of hydrogen-bond donors (Lipinski definition) is 2. The summed E-state index contributed by atoms with van der Waals surface area (Å²) in [5.41, 5.74) is 5.29. The van der Waals surface area contributed by atoms with Gasteiger partial charge >= 0.3 is 0 Å². The molecule has 174 valence electrons. The number of anilines is 1. The van der Waals surface area contributed by atoms with Crippen LogP contribution in [0.5, 0.6) is 0 Å². The fourth-order valence-electron chi connectivity index (χ4n) is 3.21. The molecule has 0 spiro atoms. The quantitative estimate of drug-likeness (QED) is 0.271. The number of hydrogen-bond acceptors (Lipinski definition) is 5. The van der Waals surface area contributed by atoms with Gasteiger partial charge in [0.05, 0.1) is 16.8 Å². The molecular weight excluding hydrogens is 450 g/mol. The van der Waals surface area contributed by atoms with E-state index in [-0.39, 0.29) is 16.3 Å². The minimum absolute atomic E-state index is 0.0313. The molecule has 3 rings (SSSR count). The second kappa shape index (κ2) is 12.3. The summed E-state index contributed by atoms with van der Waals surface area (Å²) in [7, 11) is 0. The summed E-state index contributed by atoms with van der Waals surface area (Å²) in [4.78, 5) is 31.9. The summed E-state index contributed by atoms with van der Waals surface area (Å²) >= 11 is 6.15. The number of benzene rings is 2. The minimum atomic E-state index is -0.576. The molecule has 0 saturated carbocycles. The molecule has 1 aromatic heterocycles. The maximum atomic E-state index is 12.9. The van der Waals surface area contributed by atoms with E-state index < -0.39 is 11.8 Å². The van der Waals surface area contributed by atoms with Gasteiger partial charge in [0.2, 0.25) is 0 Å². The van der Waals surface area contributed by atoms with Gasteiger partial charge < -0.3 is 10.2 Å². The predicted octanol–water partition coefficient (Wildman–Crippen LogP) is 4.50. The van der Waals surface area contributed by atoms with Crippen LogP contribution in [0.1, 0.15) is 35.3 Å². The van der Waals surface area contributed by atoms with Crippen LogP contribution in [-0.2, 0) is 4.79 Å². The van der Waals surface area contributed by atoms with Crippen molar-refractivity contribution in [2.75, 3.05) is 18.0 Å². The molecule has 0 bridgehead atoms. The van der Waals surface area contributed by atoms with E-state index in [4.69, 9.17) is 11.6 Å². The number of hydrazone groups is 1. The molecule has 0 aliphatic rings. The summed E-state index contributed by atoms with van der Waals surface area (Å²) in [6.07, 6.45) is 6.32. The van der Waals surface area contributed by atoms with Gasteiger partial charge in [-0.25, -0.2) is 5.43 Å². The van der Waals surface area contributed by atoms with E-state index in [1.165, 1.54) is 6.21 Å². The number of nitrogens with zero attached hydrogens (tertiary/aromatic N) is 3. The highest BCUT2D eigenvalue weighted by Gasteiger charge is 2.16. The van der Waals surface area contributed by atoms with E-state index in [0.717, 1.165) is 29.9 Å². The molecule has 2 amide bonds. The molecule has 0 aliphatic carbocycles. The molecule has 8 heteroatoms. The second-order valence-electron chi connectivity index (χ2n) is 7.24. The SMILES string of the molecule is CCN(CC)c1ccc(/C=C(/NC(=O)c2ccccc2Cl)C(=O)N/N=C\c2cccnc2)cc1. The Morgan fingerprint density at radius 2 is 1.74 bits per heavy atom. The molecule has 2 aromatic carbocycles. The summed E-state index contributed by atoms with van der Waals surface area (Å²) in [5.74, 6) is -1.07. The Bertz CT molecular complexity index is 1170. The summed E-state index contributed by atoms with van der Waals surface area (Å²) in [5, 5.41) is 6.92. The largest absolute Gasteiger partial charge is 0.372 e. The lowest BCUT2D eigenvalue weighted by atomic mass is 10.1. The van der Waals surface area contributed by atoms with Gasteiger partial charge in [-0.3, -0.25) is 14.6 Å². The number of carbonyl (C=O) groups excluding carboxylic acids is 2. The lowest BCUT2D eigenvalue weighted by Gasteiger charge is -2.21. The fraction of sp³-hybridized carbons (Fsp3) is 0.154. The van der Waals surface area contributed by atoms with Crippen LogP contribution in [0, 0.1) is 0 Å². The average molecular weight is 476 g/mol. The van der Waals surface area contributed by atoms with Crippen molar-refractivity contribution in [3.63, 3.8) is 0 Å². The van der Waals surface area contributed by atoms with Crippen LogP contribution in [0.4, 0.5) is 5.69 Å². The van der Waals surface area contributed by atoms with Crippen molar-refractivity contribution in [2.45, 2.75) is 13.8 Å². The first kappa shape index (κ1) is 24.7. The van der Waals surface area contributed by atoms with E-state index in [2.05, 4.69) is 39.6 Å². The Hall–Kier alpha value is -3.97. The standard InChI is InChI=1S/C26H26ClN5O2/c1-3-32(4-2)21-13-11-19(12-14-21)16-24(30-25(33)22-9-5-6-10-23(22)27)26(34)31-29-18-20-8-7-15-28-17-20/h5-18H,3-4H2,1-2H3,(H,30,33)(H,31,34)/b24-16+,29-18-. The highest BCUT2D eigenvalue weighted by atomic mass is 35.5. The van der Waals surface area contributed by atoms with Crippen molar-refractivity contribution < 1.29 is 9.59 Å². The molecule has 3 aromatic rings. The van der Waals surface area contributed by atoms with Crippen LogP contribution < -0.4 is 15.6 Å². The highest BCUT2D eigenvalue weighted by molar-refractivity contribution is 6.34. The van der Waals surface area contributed by atoms with Crippen LogP contribution in [0.3, 0.4) is 0 Å². The van der Waals surface area contributed by atoms with Crippen molar-refractivity contribution in [3.8, 4) is 0 Å². The Kier molecular flexibility index (Phi) is 8.94. The summed E-state index contributed by atoms with van der Waals surface area (Å²) in [6, 6.07) is 17.9. The Morgan fingerprint density at radius 3 is 2.38 bits per heavy atom. The van der Waals surface area contributed by atoms with Gasteiger partial charge in [0.1, 0.15) is 5.70 Å². The zero-order valence-electron chi connectivity index (χ0n) is 19.0. The number of carbonyl (C=O) groups is 2. The molecule has 0 saturated heterocycles. The minimum Gasteiger partial charge on any atom is -0.372 e. The molecule has 0 radical (unpaired) electrons. The maximum Gasteiger partial charge on any atom is 0.287 e. The van der Waals surface area contributed by atoms with E-state index in [0.29, 0.717) is 0 Å². The van der Waals surface area contributed by atoms with E-state index in [1.54, 1.807) is 54.9 Å². The highest BCUT2D eigenvalue weighted by Crippen LogP contribution is 2.18. The molecule has 0 fully saturated rings. The Labute approximate surface area is 204 Å². The molecule has 34 heavy (non-hydrogen) atoms. The number of halogens is 1. The van der Waals surface area contributed by atoms with Crippen LogP contribution in [-0.4, -0.2) is 36.1 Å². The fourth-order valence-corrected chi connectivity index (χ4v) is 3.43. The number of pyridine rings is 1. The van der Waals surface area contributed by atoms with Crippen molar-refractivity contribution in [2.24, 2.45) is 5.10 Å². The lowest BCUT2D eigenvalue weighted by Crippen LogP contribution is -2.33. The number of amides is 2. The van der Waals surface area contributed by atoms with E-state index >= 15 is 0 Å². The van der Waals surface area contributed by atoms with Crippen LogP contribution >= 0.6 is 11.6 Å². The molecule has 7 nitrogen and oxygen atoms in total. The van der Waals surface area contributed by atoms with Gasteiger partial charge in [0.25, 0.3) is 11.8 Å². The lowest BCUT2D eigenvalue weighted by molar-refractivity contribution is -0.117. The number of nitrogens with one attached hydrogen (secondary N) is 2. The Morgan fingerprint density at radius 1 is 1.00 bits per heavy atom. The predicted molar refractivity (Wildman–Crippen MR) is 137 cm³/mol. The van der Waals surface area contributed by atoms with Crippen LogP contribution in [0.25, 0.3) is 6.08 Å². The molecule has 2 N–H and O–H groups in total. The van der Waals surface area contributed by atoms with E-state index in [9.17, 15) is 9.59 Å². The van der Waals surface area contributed by atoms with E-state index in [1.807, 2.05) is 24.3 Å². The maximum absolute atomic E-state index is 12.9. The zero-order valence-corrected chi connectivity index (χ0v) is 19.8. The van der Waals surface area contributed by atoms with Gasteiger partial charge in [-0.15, -0.1) is 0 Å². The first-order valence-electron chi connectivity index (χ1n) is 10.9. The zero-order chi connectivity index (χ0) is 24.3. The third kappa shape index (κ3) is 6.76. The van der Waals surface area contributed by atoms with Gasteiger partial charge in [0.15, 0.2) is 0 Å². The van der Waals surface area contributed by atoms with Gasteiger partial charge in [-0.1, -0.05) is 41.9 Å². The summed E-state index contributed by atoms with van der Waals surface area (Å²) < 4.78 is 0. The third-order valence-electron chi connectivity index (χ3n) is 5.01. The summed E-state index contributed by atoms with van der Waals surface area (Å²) in [6.45, 7) is 5.97. The van der Waals surface area contributed by atoms with Crippen molar-refractivity contribution in [1.29, 1.82) is 0 Å². The first-order chi connectivity index (χ1) is 16.5. The van der Waals surface area contributed by atoms with Crippen LogP contribution in [0.15, 0.2) is 83.9 Å². The molecular formula is C26H26ClN5O2. The van der Waals surface area contributed by atoms with Gasteiger partial charge in [0, 0.05) is 36.7 Å². The Balaban J connectivity index is 1.84. The second-order valence-corrected chi connectivity index (χ2v) is 7.65. The normalized spacial score (nSPS) is 11.3. The van der Waals surface area contributed by atoms with Gasteiger partial charge in [-0.2, -0.15) is 5.10 Å². The number of rotatable bonds is 9. The topological polar surface area (TPSA) is 86.7 Å². The molecule has 0 aliphatic heterocycles. The van der Waals surface area contributed by atoms with Crippen LogP contribution in [0.2, 0.25) is 5.02 Å². The van der Waals surface area contributed by atoms with Crippen molar-refractivity contribution in [1.82, 2.24) is 15.7 Å². The first-order valence-corrected chi connectivity index (χ1v) is 11.3. The van der Waals surface area contributed by atoms with Crippen molar-refractivity contribution >= 4 is 41.4 Å². The molecule has 0 atom stereocenters. The smallest absolute Gasteiger partial charge is 0.287 e. The van der Waals surface area contributed by atoms with Crippen molar-refractivity contribution in [3.05, 3.63) is 100 Å². The third-order valence-corrected chi connectivity index (χ3v) is 5.34. The average Bonchev–Trinajstić information content (AvgIpc) is 2.86. The molecule has 1 heterocycles.